The summed E-state index contributed by atoms with van der Waals surface area (Å²) in [6.45, 7) is 4.51. The Bertz CT molecular complexity index is 1580. The Hall–Kier alpha value is -4.59. The molecule has 0 aromatic heterocycles. The maximum absolute atomic E-state index is 14.1. The van der Waals surface area contributed by atoms with Crippen LogP contribution in [-0.2, 0) is 56.2 Å². The third kappa shape index (κ3) is 7.16. The van der Waals surface area contributed by atoms with Crippen LogP contribution in [0, 0.1) is 38.7 Å². The number of aliphatic hydroxyl groups excluding tert-OH is 1. The van der Waals surface area contributed by atoms with Gasteiger partial charge in [-0.3, -0.25) is 19.2 Å². The van der Waals surface area contributed by atoms with E-state index < -0.39 is 58.1 Å². The van der Waals surface area contributed by atoms with Gasteiger partial charge in [-0.25, -0.2) is 4.79 Å². The van der Waals surface area contributed by atoms with Crippen molar-refractivity contribution in [1.29, 1.82) is 0 Å². The van der Waals surface area contributed by atoms with E-state index in [0.29, 0.717) is 30.4 Å². The van der Waals surface area contributed by atoms with Crippen molar-refractivity contribution in [2.24, 2.45) is 28.6 Å². The van der Waals surface area contributed by atoms with E-state index in [0.717, 1.165) is 5.57 Å². The fourth-order valence-corrected chi connectivity index (χ4v) is 8.92. The summed E-state index contributed by atoms with van der Waals surface area (Å²) in [6.07, 6.45) is 4.73. The molecule has 1 aromatic carbocycles. The number of rotatable bonds is 13. The Morgan fingerprint density at radius 2 is 1.64 bits per heavy atom. The molecular formula is C36H43NO13. The Labute approximate surface area is 289 Å². The first kappa shape index (κ1) is 36.7. The fraction of sp³-hybridized carbons (Fsp3) is 0.583. The van der Waals surface area contributed by atoms with Crippen LogP contribution in [0.2, 0.25) is 0 Å². The van der Waals surface area contributed by atoms with Crippen LogP contribution < -0.4 is 0 Å². The van der Waals surface area contributed by atoms with Crippen LogP contribution >= 0.6 is 0 Å². The van der Waals surface area contributed by atoms with E-state index in [1.807, 2.05) is 19.9 Å². The maximum atomic E-state index is 14.1. The van der Waals surface area contributed by atoms with Crippen molar-refractivity contribution in [3.8, 4) is 0 Å². The van der Waals surface area contributed by atoms with E-state index in [1.165, 1.54) is 0 Å². The highest BCUT2D eigenvalue weighted by Crippen LogP contribution is 2.68. The van der Waals surface area contributed by atoms with E-state index in [1.54, 1.807) is 43.3 Å². The van der Waals surface area contributed by atoms with Gasteiger partial charge in [-0.1, -0.05) is 49.8 Å². The summed E-state index contributed by atoms with van der Waals surface area (Å²) in [7, 11) is 0. The van der Waals surface area contributed by atoms with Gasteiger partial charge in [0.2, 0.25) is 5.78 Å². The molecule has 0 heterocycles. The zero-order valence-electron chi connectivity index (χ0n) is 28.4. The summed E-state index contributed by atoms with van der Waals surface area (Å²) >= 11 is 0. The number of aliphatic hydroxyl groups is 1. The molecule has 4 aliphatic rings. The van der Waals surface area contributed by atoms with Gasteiger partial charge in [0, 0.05) is 16.7 Å². The van der Waals surface area contributed by atoms with Crippen molar-refractivity contribution in [3.05, 3.63) is 69.3 Å². The van der Waals surface area contributed by atoms with E-state index >= 15 is 0 Å². The van der Waals surface area contributed by atoms with Crippen molar-refractivity contribution in [2.45, 2.75) is 90.6 Å². The average molecular weight is 698 g/mol. The van der Waals surface area contributed by atoms with Crippen LogP contribution in [0.25, 0.3) is 0 Å². The first-order chi connectivity index (χ1) is 23.7. The van der Waals surface area contributed by atoms with E-state index in [-0.39, 0.29) is 69.0 Å². The van der Waals surface area contributed by atoms with E-state index in [2.05, 4.69) is 4.84 Å². The molecule has 7 atom stereocenters. The van der Waals surface area contributed by atoms with E-state index in [9.17, 15) is 39.2 Å². The van der Waals surface area contributed by atoms with Gasteiger partial charge in [-0.15, -0.1) is 10.1 Å². The van der Waals surface area contributed by atoms with Crippen molar-refractivity contribution in [1.82, 2.24) is 0 Å². The number of hydrogen-bond donors (Lipinski definition) is 1. The lowest BCUT2D eigenvalue weighted by Crippen LogP contribution is -2.63. The van der Waals surface area contributed by atoms with Gasteiger partial charge in [0.1, 0.15) is 13.2 Å². The molecule has 0 radical (unpaired) electrons. The van der Waals surface area contributed by atoms with Gasteiger partial charge in [-0.2, -0.15) is 0 Å². The van der Waals surface area contributed by atoms with Gasteiger partial charge in [0.15, 0.2) is 18.0 Å². The summed E-state index contributed by atoms with van der Waals surface area (Å²) in [6, 6.07) is 6.44. The Morgan fingerprint density at radius 1 is 0.980 bits per heavy atom. The van der Waals surface area contributed by atoms with Crippen LogP contribution in [0.1, 0.15) is 76.8 Å². The molecule has 3 saturated carbocycles. The molecule has 0 amide bonds. The zero-order valence-corrected chi connectivity index (χ0v) is 28.4. The summed E-state index contributed by atoms with van der Waals surface area (Å²) in [4.78, 5) is 78.7. The van der Waals surface area contributed by atoms with Crippen LogP contribution in [0.5, 0.6) is 0 Å². The molecule has 0 spiro atoms. The highest BCUT2D eigenvalue weighted by Gasteiger charge is 2.70. The van der Waals surface area contributed by atoms with Crippen LogP contribution in [0.4, 0.5) is 4.79 Å². The number of ether oxygens (including phenoxy) is 4. The number of fused-ring (bicyclic) bond motifs is 5. The predicted molar refractivity (Wildman–Crippen MR) is 172 cm³/mol. The number of ketones is 2. The zero-order chi connectivity index (χ0) is 36.3. The number of allylic oxidation sites excluding steroid dienone is 4. The van der Waals surface area contributed by atoms with E-state index in [4.69, 9.17) is 18.9 Å². The predicted octanol–water partition coefficient (Wildman–Crippen LogP) is 4.52. The number of hydrogen-bond acceptors (Lipinski definition) is 13. The molecule has 50 heavy (non-hydrogen) atoms. The minimum Gasteiger partial charge on any atom is -0.461 e. The molecule has 14 nitrogen and oxygen atoms in total. The molecule has 0 saturated heterocycles. The normalized spacial score (nSPS) is 30.9. The molecule has 270 valence electrons. The van der Waals surface area contributed by atoms with Gasteiger partial charge in [0.25, 0.3) is 5.09 Å². The molecule has 3 fully saturated rings. The molecule has 1 N–H and O–H groups in total. The SMILES string of the molecule is CCOC(=O)O[C@]1(C(=O)COC(=O)CCC(=O)OCc2ccc(CO[N+](=O)[O-])cc2)CC[C@H]2[C@@H]3CCC4=CC(=O)C=C[C@]4(C)[C@H]3[C@@H](O)C[C@@]21C. The molecule has 0 bridgehead atoms. The highest BCUT2D eigenvalue weighted by atomic mass is 16.9. The largest absolute Gasteiger partial charge is 0.509 e. The summed E-state index contributed by atoms with van der Waals surface area (Å²) < 4.78 is 21.5. The lowest BCUT2D eigenvalue weighted by molar-refractivity contribution is -0.763. The molecule has 4 aliphatic carbocycles. The van der Waals surface area contributed by atoms with Crippen molar-refractivity contribution >= 4 is 29.7 Å². The second kappa shape index (κ2) is 14.7. The Kier molecular flexibility index (Phi) is 10.8. The molecular weight excluding hydrogens is 654 g/mol. The number of carbonyl (C=O) groups is 5. The monoisotopic (exact) mass is 697 g/mol. The Morgan fingerprint density at radius 3 is 2.30 bits per heavy atom. The summed E-state index contributed by atoms with van der Waals surface area (Å²) in [5, 5.41) is 21.2. The smallest absolute Gasteiger partial charge is 0.461 e. The van der Waals surface area contributed by atoms with Crippen LogP contribution in [0.3, 0.4) is 0 Å². The van der Waals surface area contributed by atoms with Crippen molar-refractivity contribution < 1.29 is 58.0 Å². The van der Waals surface area contributed by atoms with Crippen molar-refractivity contribution in [3.63, 3.8) is 0 Å². The molecule has 14 heteroatoms. The number of nitrogens with zero attached hydrogens (tertiary/aromatic N) is 1. The Balaban J connectivity index is 1.21. The maximum Gasteiger partial charge on any atom is 0.509 e. The quantitative estimate of drug-likeness (QED) is 0.131. The van der Waals surface area contributed by atoms with Gasteiger partial charge < -0.3 is 28.9 Å². The third-order valence-corrected chi connectivity index (χ3v) is 11.2. The van der Waals surface area contributed by atoms with Gasteiger partial charge in [0.05, 0.1) is 25.6 Å². The molecule has 1 aromatic rings. The molecule has 5 rings (SSSR count). The number of esters is 2. The molecule has 0 aliphatic heterocycles. The van der Waals surface area contributed by atoms with Gasteiger partial charge in [-0.05, 0) is 74.1 Å². The van der Waals surface area contributed by atoms with Crippen LogP contribution in [0.15, 0.2) is 48.1 Å². The summed E-state index contributed by atoms with van der Waals surface area (Å²) in [5.74, 6) is -2.55. The molecule has 0 unspecified atom stereocenters. The summed E-state index contributed by atoms with van der Waals surface area (Å²) in [5.41, 5.74) is -1.08. The number of carbonyl (C=O) groups excluding carboxylic acids is 5. The first-order valence-electron chi connectivity index (χ1n) is 16.9. The average Bonchev–Trinajstić information content (AvgIpc) is 3.36. The van der Waals surface area contributed by atoms with Crippen molar-refractivity contribution in [2.75, 3.05) is 13.2 Å². The second-order valence-corrected chi connectivity index (χ2v) is 13.9. The number of Topliss-reactive ketones (excluding diaryl/α,β-unsaturated/α-hetero) is 1. The minimum absolute atomic E-state index is 0.0182. The second-order valence-electron chi connectivity index (χ2n) is 13.9. The van der Waals surface area contributed by atoms with Gasteiger partial charge >= 0.3 is 18.1 Å². The fourth-order valence-electron chi connectivity index (χ4n) is 8.92. The lowest BCUT2D eigenvalue weighted by Gasteiger charge is -2.59. The number of benzene rings is 1. The lowest BCUT2D eigenvalue weighted by atomic mass is 9.46. The van der Waals surface area contributed by atoms with Crippen LogP contribution in [-0.4, -0.2) is 64.8 Å². The first-order valence-corrected chi connectivity index (χ1v) is 16.9. The highest BCUT2D eigenvalue weighted by molar-refractivity contribution is 6.01. The standard InChI is InChI=1S/C36H43NO13/c1-4-46-33(43)50-36(16-14-27-26-10-9-24-17-25(38)13-15-34(24,2)32(26)28(39)18-35(27,36)3)29(40)21-48-31(42)12-11-30(41)47-19-22-5-7-23(8-6-22)20-49-37(44)45/h5-8,13,15,17,26-28,32,39H,4,9-12,14,16,18-21H2,1-3H3/t26-,27-,28-,32+,34-,35-,36-/m0/s1. The minimum atomic E-state index is -1.73. The topological polar surface area (TPSA) is 195 Å². The third-order valence-electron chi connectivity index (χ3n) is 11.2.